The normalized spacial score (nSPS) is 23.4. The highest BCUT2D eigenvalue weighted by molar-refractivity contribution is 5.89. The number of fused-ring (bicyclic) bond motifs is 1. The molecule has 0 aromatic carbocycles. The monoisotopic (exact) mass is 336 g/mol. The van der Waals surface area contributed by atoms with E-state index in [1.165, 1.54) is 12.5 Å². The lowest BCUT2D eigenvalue weighted by atomic mass is 9.78. The van der Waals surface area contributed by atoms with Crippen molar-refractivity contribution in [1.29, 1.82) is 0 Å². The average molecular weight is 336 g/mol. The first-order chi connectivity index (χ1) is 11.6. The number of ether oxygens (including phenoxy) is 1. The highest BCUT2D eigenvalue weighted by atomic mass is 16.7. The largest absolute Gasteiger partial charge is 0.450 e. The number of rotatable bonds is 4. The summed E-state index contributed by atoms with van der Waals surface area (Å²) in [7, 11) is 0. The lowest BCUT2D eigenvalue weighted by Gasteiger charge is -2.44. The zero-order chi connectivity index (χ0) is 17.1. The van der Waals surface area contributed by atoms with E-state index in [1.807, 2.05) is 4.90 Å². The molecule has 130 valence electrons. The number of hydrogen-bond donors (Lipinski definition) is 0. The molecule has 1 aliphatic carbocycles. The average Bonchev–Trinajstić information content (AvgIpc) is 3.09. The number of furan rings is 1. The SMILES string of the molecule is O=C(OCC(=O)N1CCC[C@@H]2CCCC[C@@H]21)c1ccc([N+](=O)[O-])o1. The van der Waals surface area contributed by atoms with Crippen molar-refractivity contribution in [3.05, 3.63) is 28.0 Å². The molecule has 24 heavy (non-hydrogen) atoms. The van der Waals surface area contributed by atoms with Gasteiger partial charge in [0.1, 0.15) is 4.92 Å². The summed E-state index contributed by atoms with van der Waals surface area (Å²) in [6.07, 6.45) is 6.64. The maximum atomic E-state index is 12.4. The number of nitrogens with zero attached hydrogens (tertiary/aromatic N) is 2. The summed E-state index contributed by atoms with van der Waals surface area (Å²) in [6, 6.07) is 2.50. The van der Waals surface area contributed by atoms with E-state index < -0.39 is 16.8 Å². The van der Waals surface area contributed by atoms with Gasteiger partial charge in [0.2, 0.25) is 5.76 Å². The van der Waals surface area contributed by atoms with Crippen molar-refractivity contribution in [3.63, 3.8) is 0 Å². The topological polar surface area (TPSA) is 103 Å². The van der Waals surface area contributed by atoms with E-state index in [0.717, 1.165) is 38.2 Å². The lowest BCUT2D eigenvalue weighted by molar-refractivity contribution is -0.402. The van der Waals surface area contributed by atoms with E-state index in [1.54, 1.807) is 0 Å². The van der Waals surface area contributed by atoms with Crippen molar-refractivity contribution in [3.8, 4) is 0 Å². The molecule has 2 fully saturated rings. The standard InChI is InChI=1S/C16H20N2O6/c19-14(17-9-3-5-11-4-1-2-6-12(11)17)10-23-16(20)13-7-8-15(24-13)18(21)22/h7-8,11-12H,1-6,9-10H2/t11-,12-/m0/s1. The molecule has 0 radical (unpaired) electrons. The number of nitro groups is 1. The Morgan fingerprint density at radius 1 is 1.25 bits per heavy atom. The van der Waals surface area contributed by atoms with Gasteiger partial charge in [0.05, 0.1) is 6.07 Å². The predicted molar refractivity (Wildman–Crippen MR) is 82.3 cm³/mol. The quantitative estimate of drug-likeness (QED) is 0.475. The van der Waals surface area contributed by atoms with Crippen molar-refractivity contribution in [2.75, 3.05) is 13.2 Å². The maximum Gasteiger partial charge on any atom is 0.433 e. The van der Waals surface area contributed by atoms with Crippen molar-refractivity contribution in [1.82, 2.24) is 4.90 Å². The van der Waals surface area contributed by atoms with Crippen molar-refractivity contribution in [2.24, 2.45) is 5.92 Å². The lowest BCUT2D eigenvalue weighted by Crippen LogP contribution is -2.50. The molecule has 2 atom stereocenters. The van der Waals surface area contributed by atoms with Crippen LogP contribution in [0.1, 0.15) is 49.1 Å². The third-order valence-electron chi connectivity index (χ3n) is 4.86. The Labute approximate surface area is 138 Å². The smallest absolute Gasteiger partial charge is 0.433 e. The minimum Gasteiger partial charge on any atom is -0.450 e. The predicted octanol–water partition coefficient (Wildman–Crippen LogP) is 2.53. The third-order valence-corrected chi connectivity index (χ3v) is 4.86. The van der Waals surface area contributed by atoms with Gasteiger partial charge in [-0.25, -0.2) is 4.79 Å². The fraction of sp³-hybridized carbons (Fsp3) is 0.625. The summed E-state index contributed by atoms with van der Waals surface area (Å²) in [5, 5.41) is 10.5. The summed E-state index contributed by atoms with van der Waals surface area (Å²) in [5.41, 5.74) is 0. The van der Waals surface area contributed by atoms with Gasteiger partial charge < -0.3 is 14.1 Å². The highest BCUT2D eigenvalue weighted by Crippen LogP contribution is 2.35. The molecule has 8 nitrogen and oxygen atoms in total. The first-order valence-corrected chi connectivity index (χ1v) is 8.27. The van der Waals surface area contributed by atoms with Gasteiger partial charge >= 0.3 is 11.9 Å². The second kappa shape index (κ2) is 7.02. The van der Waals surface area contributed by atoms with E-state index in [-0.39, 0.29) is 24.3 Å². The van der Waals surface area contributed by atoms with Crippen LogP contribution in [-0.2, 0) is 9.53 Å². The van der Waals surface area contributed by atoms with Crippen LogP contribution in [0.2, 0.25) is 0 Å². The van der Waals surface area contributed by atoms with Crippen LogP contribution in [0.4, 0.5) is 5.88 Å². The fourth-order valence-electron chi connectivity index (χ4n) is 3.75. The molecule has 8 heteroatoms. The molecule has 1 saturated carbocycles. The Morgan fingerprint density at radius 3 is 2.75 bits per heavy atom. The van der Waals surface area contributed by atoms with Crippen LogP contribution in [0.5, 0.6) is 0 Å². The molecule has 0 N–H and O–H groups in total. The van der Waals surface area contributed by atoms with Gasteiger partial charge in [0, 0.05) is 12.6 Å². The number of esters is 1. The zero-order valence-electron chi connectivity index (χ0n) is 13.3. The molecule has 3 rings (SSSR count). The molecular formula is C16H20N2O6. The number of likely N-dealkylation sites (tertiary alicyclic amines) is 1. The van der Waals surface area contributed by atoms with Gasteiger partial charge in [0.25, 0.3) is 5.91 Å². The number of piperidine rings is 1. The Bertz CT molecular complexity index is 638. The maximum absolute atomic E-state index is 12.4. The fourth-order valence-corrected chi connectivity index (χ4v) is 3.75. The molecule has 2 heterocycles. The van der Waals surface area contributed by atoms with E-state index >= 15 is 0 Å². The Kier molecular flexibility index (Phi) is 4.82. The van der Waals surface area contributed by atoms with Gasteiger partial charge in [-0.2, -0.15) is 0 Å². The van der Waals surface area contributed by atoms with E-state index in [2.05, 4.69) is 0 Å². The molecule has 0 bridgehead atoms. The van der Waals surface area contributed by atoms with Crippen molar-refractivity contribution >= 4 is 17.8 Å². The molecule has 1 aromatic rings. The van der Waals surface area contributed by atoms with Crippen LogP contribution in [0.25, 0.3) is 0 Å². The van der Waals surface area contributed by atoms with Crippen LogP contribution in [0.3, 0.4) is 0 Å². The third kappa shape index (κ3) is 3.42. The molecule has 0 unspecified atom stereocenters. The molecule has 1 saturated heterocycles. The van der Waals surface area contributed by atoms with Crippen LogP contribution in [-0.4, -0.2) is 40.9 Å². The van der Waals surface area contributed by atoms with Crippen LogP contribution in [0, 0.1) is 16.0 Å². The van der Waals surface area contributed by atoms with Gasteiger partial charge in [0.15, 0.2) is 6.61 Å². The first-order valence-electron chi connectivity index (χ1n) is 8.27. The van der Waals surface area contributed by atoms with Crippen LogP contribution < -0.4 is 0 Å². The minimum absolute atomic E-state index is 0.207. The molecule has 2 aliphatic rings. The number of amides is 1. The van der Waals surface area contributed by atoms with Gasteiger partial charge in [-0.3, -0.25) is 14.9 Å². The van der Waals surface area contributed by atoms with Gasteiger partial charge in [-0.15, -0.1) is 0 Å². The van der Waals surface area contributed by atoms with Crippen molar-refractivity contribution < 1.29 is 23.7 Å². The summed E-state index contributed by atoms with van der Waals surface area (Å²) in [4.78, 5) is 35.9. The van der Waals surface area contributed by atoms with Crippen LogP contribution >= 0.6 is 0 Å². The van der Waals surface area contributed by atoms with Crippen LogP contribution in [0.15, 0.2) is 16.5 Å². The molecule has 1 aromatic heterocycles. The summed E-state index contributed by atoms with van der Waals surface area (Å²) in [5.74, 6) is -1.33. The highest BCUT2D eigenvalue weighted by Gasteiger charge is 2.36. The Morgan fingerprint density at radius 2 is 2.00 bits per heavy atom. The van der Waals surface area contributed by atoms with E-state index in [0.29, 0.717) is 12.5 Å². The first kappa shape index (κ1) is 16.5. The Hall–Kier alpha value is -2.38. The van der Waals surface area contributed by atoms with E-state index in [4.69, 9.17) is 9.15 Å². The number of carbonyl (C=O) groups is 2. The molecule has 1 aliphatic heterocycles. The molecular weight excluding hydrogens is 316 g/mol. The summed E-state index contributed by atoms with van der Waals surface area (Å²) in [6.45, 7) is 0.334. The zero-order valence-corrected chi connectivity index (χ0v) is 13.3. The van der Waals surface area contributed by atoms with E-state index in [9.17, 15) is 19.7 Å². The summed E-state index contributed by atoms with van der Waals surface area (Å²) < 4.78 is 9.74. The molecule has 0 spiro atoms. The van der Waals surface area contributed by atoms with Crippen molar-refractivity contribution in [2.45, 2.75) is 44.6 Å². The molecule has 1 amide bonds. The second-order valence-electron chi connectivity index (χ2n) is 6.31. The number of hydrogen-bond acceptors (Lipinski definition) is 6. The second-order valence-corrected chi connectivity index (χ2v) is 6.31. The number of carbonyl (C=O) groups excluding carboxylic acids is 2. The minimum atomic E-state index is -0.867. The summed E-state index contributed by atoms with van der Waals surface area (Å²) >= 11 is 0. The van der Waals surface area contributed by atoms with Gasteiger partial charge in [-0.05, 0) is 37.7 Å². The Balaban J connectivity index is 1.56. The van der Waals surface area contributed by atoms with Gasteiger partial charge in [-0.1, -0.05) is 12.8 Å².